The van der Waals surface area contributed by atoms with E-state index in [-0.39, 0.29) is 17.4 Å². The number of nitrogens with one attached hydrogen (secondary N) is 1. The Morgan fingerprint density at radius 2 is 1.83 bits per heavy atom. The van der Waals surface area contributed by atoms with Crippen LogP contribution in [0.25, 0.3) is 0 Å². The first-order valence-electron chi connectivity index (χ1n) is 9.15. The number of rotatable bonds is 5. The lowest BCUT2D eigenvalue weighted by atomic mass is 9.53. The van der Waals surface area contributed by atoms with Crippen LogP contribution in [0.3, 0.4) is 0 Å². The van der Waals surface area contributed by atoms with Gasteiger partial charge >= 0.3 is 0 Å². The van der Waals surface area contributed by atoms with E-state index < -0.39 is 0 Å². The lowest BCUT2D eigenvalue weighted by molar-refractivity contribution is -0.126. The van der Waals surface area contributed by atoms with Crippen LogP contribution in [-0.4, -0.2) is 21.6 Å². The fourth-order valence-corrected chi connectivity index (χ4v) is 5.45. The van der Waals surface area contributed by atoms with Gasteiger partial charge in [0.25, 0.3) is 0 Å². The minimum atomic E-state index is 0.101. The molecule has 0 unspecified atom stereocenters. The van der Waals surface area contributed by atoms with Crippen LogP contribution in [0.2, 0.25) is 0 Å². The number of carbonyl (C=O) groups excluding carboxylic acids is 1. The third-order valence-electron chi connectivity index (χ3n) is 6.01. The summed E-state index contributed by atoms with van der Waals surface area (Å²) in [5.41, 5.74) is 0.101. The summed E-state index contributed by atoms with van der Waals surface area (Å²) in [6.07, 6.45) is 8.77. The van der Waals surface area contributed by atoms with Gasteiger partial charge in [-0.3, -0.25) is 4.79 Å². The first-order chi connectivity index (χ1) is 11.0. The zero-order chi connectivity index (χ0) is 16.0. The van der Waals surface area contributed by atoms with E-state index in [1.165, 1.54) is 38.5 Å². The van der Waals surface area contributed by atoms with E-state index in [1.807, 2.05) is 13.8 Å². The number of amides is 1. The second kappa shape index (κ2) is 5.60. The molecule has 1 heterocycles. The molecule has 0 atom stereocenters. The van der Waals surface area contributed by atoms with Gasteiger partial charge < -0.3 is 9.84 Å². The average Bonchev–Trinajstić information content (AvgIpc) is 2.92. The number of carbonyl (C=O) groups is 1. The van der Waals surface area contributed by atoms with E-state index in [9.17, 15) is 4.79 Å². The third-order valence-corrected chi connectivity index (χ3v) is 6.01. The molecule has 23 heavy (non-hydrogen) atoms. The zero-order valence-corrected chi connectivity index (χ0v) is 14.2. The molecule has 4 saturated carbocycles. The van der Waals surface area contributed by atoms with Gasteiger partial charge in [-0.1, -0.05) is 19.0 Å². The molecule has 0 aliphatic heterocycles. The van der Waals surface area contributed by atoms with E-state index >= 15 is 0 Å². The Balaban J connectivity index is 1.33. The molecule has 1 aromatic heterocycles. The molecule has 5 nitrogen and oxygen atoms in total. The summed E-state index contributed by atoms with van der Waals surface area (Å²) in [6, 6.07) is 0. The number of aromatic nitrogens is 2. The van der Waals surface area contributed by atoms with Crippen molar-refractivity contribution in [1.82, 2.24) is 15.5 Å². The summed E-state index contributed by atoms with van der Waals surface area (Å²) in [5.74, 6) is 4.27. The Kier molecular flexibility index (Phi) is 3.69. The zero-order valence-electron chi connectivity index (χ0n) is 14.2. The number of hydrogen-bond acceptors (Lipinski definition) is 4. The van der Waals surface area contributed by atoms with Gasteiger partial charge in [-0.15, -0.1) is 0 Å². The van der Waals surface area contributed by atoms with Crippen molar-refractivity contribution in [2.75, 3.05) is 0 Å². The molecular formula is C18H27N3O2. The lowest BCUT2D eigenvalue weighted by Gasteiger charge is -2.56. The van der Waals surface area contributed by atoms with Crippen molar-refractivity contribution >= 4 is 5.91 Å². The third kappa shape index (κ3) is 3.02. The molecule has 126 valence electrons. The lowest BCUT2D eigenvalue weighted by Crippen LogP contribution is -2.59. The van der Waals surface area contributed by atoms with Crippen LogP contribution < -0.4 is 5.32 Å². The van der Waals surface area contributed by atoms with Crippen LogP contribution in [0.4, 0.5) is 0 Å². The first-order valence-corrected chi connectivity index (χ1v) is 9.15. The van der Waals surface area contributed by atoms with E-state index in [0.29, 0.717) is 18.7 Å². The Morgan fingerprint density at radius 3 is 2.35 bits per heavy atom. The van der Waals surface area contributed by atoms with Gasteiger partial charge in [0.1, 0.15) is 0 Å². The van der Waals surface area contributed by atoms with E-state index in [2.05, 4.69) is 15.5 Å². The van der Waals surface area contributed by atoms with Crippen molar-refractivity contribution in [1.29, 1.82) is 0 Å². The summed E-state index contributed by atoms with van der Waals surface area (Å²) in [4.78, 5) is 16.8. The van der Waals surface area contributed by atoms with Crippen molar-refractivity contribution in [2.45, 2.75) is 76.7 Å². The molecule has 0 aromatic carbocycles. The quantitative estimate of drug-likeness (QED) is 0.905. The second-order valence-electron chi connectivity index (χ2n) is 8.45. The first kappa shape index (κ1) is 15.2. The molecule has 1 aromatic rings. The topological polar surface area (TPSA) is 68.0 Å². The smallest absolute Gasteiger partial charge is 0.227 e. The maximum absolute atomic E-state index is 12.4. The Hall–Kier alpha value is -1.39. The van der Waals surface area contributed by atoms with Gasteiger partial charge in [0.15, 0.2) is 5.82 Å². The van der Waals surface area contributed by atoms with Gasteiger partial charge in [-0.25, -0.2) is 0 Å². The maximum atomic E-state index is 12.4. The van der Waals surface area contributed by atoms with Crippen LogP contribution in [0.15, 0.2) is 4.52 Å². The number of nitrogens with zero attached hydrogens (tertiary/aromatic N) is 2. The number of hydrogen-bond donors (Lipinski definition) is 1. The van der Waals surface area contributed by atoms with Crippen LogP contribution in [0.5, 0.6) is 0 Å². The molecule has 1 N–H and O–H groups in total. The Bertz CT molecular complexity index is 558. The van der Waals surface area contributed by atoms with Crippen LogP contribution in [0, 0.1) is 17.8 Å². The highest BCUT2D eigenvalue weighted by Gasteiger charge is 2.51. The summed E-state index contributed by atoms with van der Waals surface area (Å²) in [7, 11) is 0. The fraction of sp³-hybridized carbons (Fsp3) is 0.833. The minimum Gasteiger partial charge on any atom is -0.351 e. The summed E-state index contributed by atoms with van der Waals surface area (Å²) >= 11 is 0. The molecule has 4 fully saturated rings. The molecule has 0 spiro atoms. The van der Waals surface area contributed by atoms with Crippen molar-refractivity contribution in [2.24, 2.45) is 17.8 Å². The van der Waals surface area contributed by atoms with Crippen molar-refractivity contribution < 1.29 is 9.32 Å². The van der Waals surface area contributed by atoms with Crippen molar-refractivity contribution in [3.05, 3.63) is 11.7 Å². The van der Waals surface area contributed by atoms with Gasteiger partial charge in [-0.05, 0) is 56.3 Å². The molecule has 1 amide bonds. The molecule has 5 rings (SSSR count). The summed E-state index contributed by atoms with van der Waals surface area (Å²) < 4.78 is 5.23. The van der Waals surface area contributed by atoms with Crippen LogP contribution in [0.1, 0.15) is 76.4 Å². The predicted octanol–water partition coefficient (Wildman–Crippen LogP) is 3.21. The highest BCUT2D eigenvalue weighted by molar-refractivity contribution is 5.77. The maximum Gasteiger partial charge on any atom is 0.227 e. The molecule has 4 aliphatic rings. The van der Waals surface area contributed by atoms with E-state index in [0.717, 1.165) is 23.6 Å². The van der Waals surface area contributed by atoms with Gasteiger partial charge in [0.05, 0.1) is 0 Å². The summed E-state index contributed by atoms with van der Waals surface area (Å²) in [6.45, 7) is 4.07. The number of aryl methyl sites for hydroxylation is 1. The SMILES string of the molecule is CC(C)c1noc(CCC(=O)NC23CC4CC(CC(C4)C2)C3)n1. The average molecular weight is 317 g/mol. The normalized spacial score (nSPS) is 35.0. The van der Waals surface area contributed by atoms with E-state index in [1.54, 1.807) is 0 Å². The molecule has 0 saturated heterocycles. The largest absolute Gasteiger partial charge is 0.351 e. The fourth-order valence-electron chi connectivity index (χ4n) is 5.45. The highest BCUT2D eigenvalue weighted by Crippen LogP contribution is 2.55. The second-order valence-corrected chi connectivity index (χ2v) is 8.45. The Labute approximate surface area is 137 Å². The molecular weight excluding hydrogens is 290 g/mol. The van der Waals surface area contributed by atoms with Crippen molar-refractivity contribution in [3.63, 3.8) is 0 Å². The minimum absolute atomic E-state index is 0.101. The monoisotopic (exact) mass is 317 g/mol. The molecule has 5 heteroatoms. The van der Waals surface area contributed by atoms with Gasteiger partial charge in [0, 0.05) is 24.3 Å². The van der Waals surface area contributed by atoms with Crippen molar-refractivity contribution in [3.8, 4) is 0 Å². The standard InChI is InChI=1S/C18H27N3O2/c1-11(2)17-19-16(23-21-17)4-3-15(22)20-18-8-12-5-13(9-18)7-14(6-12)10-18/h11-14H,3-10H2,1-2H3,(H,20,22). The summed E-state index contributed by atoms with van der Waals surface area (Å²) in [5, 5.41) is 7.35. The molecule has 0 radical (unpaired) electrons. The molecule has 4 aliphatic carbocycles. The predicted molar refractivity (Wildman–Crippen MR) is 85.8 cm³/mol. The van der Waals surface area contributed by atoms with E-state index in [4.69, 9.17) is 4.52 Å². The van der Waals surface area contributed by atoms with Gasteiger partial charge in [-0.2, -0.15) is 4.98 Å². The Morgan fingerprint density at radius 1 is 1.22 bits per heavy atom. The van der Waals surface area contributed by atoms with Crippen LogP contribution >= 0.6 is 0 Å². The van der Waals surface area contributed by atoms with Gasteiger partial charge in [0.2, 0.25) is 11.8 Å². The van der Waals surface area contributed by atoms with Crippen LogP contribution in [-0.2, 0) is 11.2 Å². The highest BCUT2D eigenvalue weighted by atomic mass is 16.5. The molecule has 4 bridgehead atoms.